The van der Waals surface area contributed by atoms with Gasteiger partial charge < -0.3 is 5.32 Å². The molecule has 1 N–H and O–H groups in total. The van der Waals surface area contributed by atoms with Gasteiger partial charge in [-0.05, 0) is 61.8 Å². The Hall–Kier alpha value is -0.820. The fourth-order valence-corrected chi connectivity index (χ4v) is 3.29. The van der Waals surface area contributed by atoms with Crippen LogP contribution in [-0.4, -0.2) is 12.1 Å². The summed E-state index contributed by atoms with van der Waals surface area (Å²) in [6.45, 7) is 12.8. The predicted octanol–water partition coefficient (Wildman–Crippen LogP) is 4.01. The number of nitrogens with one attached hydrogen (secondary N) is 1. The number of hydrogen-bond acceptors (Lipinski definition) is 1. The largest absolute Gasteiger partial charge is 0.310 e. The van der Waals surface area contributed by atoms with E-state index in [1.165, 1.54) is 30.5 Å². The predicted molar refractivity (Wildman–Crippen MR) is 79.0 cm³/mol. The lowest BCUT2D eigenvalue weighted by Crippen LogP contribution is -2.52. The Bertz CT molecular complexity index is 399. The summed E-state index contributed by atoms with van der Waals surface area (Å²) in [5, 5.41) is 3.81. The maximum atomic E-state index is 3.81. The lowest BCUT2D eigenvalue weighted by molar-refractivity contribution is 0.159. The van der Waals surface area contributed by atoms with E-state index in [1.54, 1.807) is 5.56 Å². The minimum atomic E-state index is 0.268. The van der Waals surface area contributed by atoms with Crippen molar-refractivity contribution in [1.29, 1.82) is 0 Å². The Kier molecular flexibility index (Phi) is 3.55. The molecule has 18 heavy (non-hydrogen) atoms. The maximum Gasteiger partial charge on any atom is 0.0270 e. The van der Waals surface area contributed by atoms with Crippen LogP contribution in [0.1, 0.15) is 50.3 Å². The fourth-order valence-electron chi connectivity index (χ4n) is 3.29. The molecule has 1 heterocycles. The van der Waals surface area contributed by atoms with Crippen LogP contribution >= 0.6 is 0 Å². The first-order valence-corrected chi connectivity index (χ1v) is 7.16. The second kappa shape index (κ2) is 4.70. The zero-order valence-corrected chi connectivity index (χ0v) is 12.6. The summed E-state index contributed by atoms with van der Waals surface area (Å²) >= 11 is 0. The molecule has 100 valence electrons. The topological polar surface area (TPSA) is 12.0 Å². The zero-order chi connectivity index (χ0) is 13.4. The van der Waals surface area contributed by atoms with Gasteiger partial charge in [0, 0.05) is 5.54 Å². The first-order chi connectivity index (χ1) is 8.36. The molecule has 1 heteroatoms. The standard InChI is InChI=1S/C17H27N/c1-13-8-6-9-14(2)15(13)12-17(16(3,4)5)10-7-11-18-17/h6,8-9,18H,7,10-12H2,1-5H3. The van der Waals surface area contributed by atoms with E-state index in [0.29, 0.717) is 5.41 Å². The summed E-state index contributed by atoms with van der Waals surface area (Å²) in [6, 6.07) is 6.65. The highest BCUT2D eigenvalue weighted by Gasteiger charge is 2.44. The summed E-state index contributed by atoms with van der Waals surface area (Å²) in [5.74, 6) is 0. The highest BCUT2D eigenvalue weighted by Crippen LogP contribution is 2.40. The average Bonchev–Trinajstić information content (AvgIpc) is 2.73. The van der Waals surface area contributed by atoms with Crippen molar-refractivity contribution < 1.29 is 0 Å². The van der Waals surface area contributed by atoms with Gasteiger partial charge in [0.05, 0.1) is 0 Å². The Labute approximate surface area is 112 Å². The van der Waals surface area contributed by atoms with E-state index in [1.807, 2.05) is 0 Å². The third kappa shape index (κ3) is 2.33. The molecule has 0 amide bonds. The van der Waals surface area contributed by atoms with Crippen molar-refractivity contribution in [2.75, 3.05) is 6.54 Å². The van der Waals surface area contributed by atoms with Gasteiger partial charge in [-0.25, -0.2) is 0 Å². The van der Waals surface area contributed by atoms with Gasteiger partial charge in [-0.1, -0.05) is 39.0 Å². The van der Waals surface area contributed by atoms with Crippen LogP contribution in [0, 0.1) is 19.3 Å². The van der Waals surface area contributed by atoms with Gasteiger partial charge in [0.25, 0.3) is 0 Å². The van der Waals surface area contributed by atoms with Crippen molar-refractivity contribution in [3.63, 3.8) is 0 Å². The molecule has 1 aromatic carbocycles. The van der Waals surface area contributed by atoms with Crippen LogP contribution < -0.4 is 5.32 Å². The van der Waals surface area contributed by atoms with Gasteiger partial charge in [0.1, 0.15) is 0 Å². The quantitative estimate of drug-likeness (QED) is 0.830. The van der Waals surface area contributed by atoms with Gasteiger partial charge in [0.15, 0.2) is 0 Å². The number of hydrogen-bond donors (Lipinski definition) is 1. The molecule has 1 saturated heterocycles. The van der Waals surface area contributed by atoms with Crippen molar-refractivity contribution in [2.45, 2.75) is 59.4 Å². The Morgan fingerprint density at radius 3 is 2.22 bits per heavy atom. The maximum absolute atomic E-state index is 3.81. The highest BCUT2D eigenvalue weighted by atomic mass is 15.0. The second-order valence-electron chi connectivity index (χ2n) is 6.91. The lowest BCUT2D eigenvalue weighted by atomic mass is 9.68. The van der Waals surface area contributed by atoms with Crippen LogP contribution in [0.25, 0.3) is 0 Å². The second-order valence-corrected chi connectivity index (χ2v) is 6.91. The first-order valence-electron chi connectivity index (χ1n) is 7.16. The van der Waals surface area contributed by atoms with Crippen LogP contribution in [-0.2, 0) is 6.42 Å². The van der Waals surface area contributed by atoms with E-state index >= 15 is 0 Å². The van der Waals surface area contributed by atoms with Crippen LogP contribution in [0.15, 0.2) is 18.2 Å². The molecule has 2 rings (SSSR count). The van der Waals surface area contributed by atoms with E-state index in [9.17, 15) is 0 Å². The van der Waals surface area contributed by atoms with Gasteiger partial charge in [-0.15, -0.1) is 0 Å². The van der Waals surface area contributed by atoms with Crippen LogP contribution in [0.3, 0.4) is 0 Å². The molecular weight excluding hydrogens is 218 g/mol. The molecule has 0 aliphatic carbocycles. The van der Waals surface area contributed by atoms with Gasteiger partial charge in [0.2, 0.25) is 0 Å². The molecule has 1 unspecified atom stereocenters. The molecule has 1 nitrogen and oxygen atoms in total. The van der Waals surface area contributed by atoms with Crippen molar-refractivity contribution in [3.8, 4) is 0 Å². The molecule has 1 atom stereocenters. The van der Waals surface area contributed by atoms with Crippen molar-refractivity contribution in [3.05, 3.63) is 34.9 Å². The summed E-state index contributed by atoms with van der Waals surface area (Å²) in [5.41, 5.74) is 4.99. The van der Waals surface area contributed by atoms with Crippen LogP contribution in [0.5, 0.6) is 0 Å². The van der Waals surface area contributed by atoms with Gasteiger partial charge in [-0.3, -0.25) is 0 Å². The fraction of sp³-hybridized carbons (Fsp3) is 0.647. The molecule has 0 saturated carbocycles. The Morgan fingerprint density at radius 2 is 1.78 bits per heavy atom. The van der Waals surface area contributed by atoms with E-state index in [0.717, 1.165) is 6.42 Å². The summed E-state index contributed by atoms with van der Waals surface area (Å²) in [7, 11) is 0. The number of benzene rings is 1. The van der Waals surface area contributed by atoms with E-state index in [4.69, 9.17) is 0 Å². The average molecular weight is 245 g/mol. The Balaban J connectivity index is 2.36. The summed E-state index contributed by atoms with van der Waals surface area (Å²) in [6.07, 6.45) is 3.77. The van der Waals surface area contributed by atoms with Gasteiger partial charge in [-0.2, -0.15) is 0 Å². The molecule has 1 aliphatic heterocycles. The molecule has 0 aromatic heterocycles. The minimum Gasteiger partial charge on any atom is -0.310 e. The molecule has 0 spiro atoms. The number of aryl methyl sites for hydroxylation is 2. The first kappa shape index (κ1) is 13.6. The summed E-state index contributed by atoms with van der Waals surface area (Å²) < 4.78 is 0. The van der Waals surface area contributed by atoms with E-state index in [-0.39, 0.29) is 5.54 Å². The van der Waals surface area contributed by atoms with Crippen LogP contribution in [0.2, 0.25) is 0 Å². The zero-order valence-electron chi connectivity index (χ0n) is 12.6. The molecule has 1 aromatic rings. The lowest BCUT2D eigenvalue weighted by Gasteiger charge is -2.43. The Morgan fingerprint density at radius 1 is 1.17 bits per heavy atom. The number of rotatable bonds is 2. The molecule has 0 radical (unpaired) electrons. The van der Waals surface area contributed by atoms with E-state index in [2.05, 4.69) is 58.1 Å². The molecule has 1 aliphatic rings. The third-order valence-corrected chi connectivity index (χ3v) is 4.80. The van der Waals surface area contributed by atoms with Crippen molar-refractivity contribution in [2.24, 2.45) is 5.41 Å². The minimum absolute atomic E-state index is 0.268. The molecular formula is C17H27N. The SMILES string of the molecule is Cc1cccc(C)c1CC1(C(C)(C)C)CCCN1. The summed E-state index contributed by atoms with van der Waals surface area (Å²) in [4.78, 5) is 0. The monoisotopic (exact) mass is 245 g/mol. The molecule has 0 bridgehead atoms. The normalized spacial score (nSPS) is 24.5. The van der Waals surface area contributed by atoms with E-state index < -0.39 is 0 Å². The van der Waals surface area contributed by atoms with Crippen molar-refractivity contribution >= 4 is 0 Å². The van der Waals surface area contributed by atoms with Crippen molar-refractivity contribution in [1.82, 2.24) is 5.32 Å². The highest BCUT2D eigenvalue weighted by molar-refractivity contribution is 5.35. The third-order valence-electron chi connectivity index (χ3n) is 4.80. The van der Waals surface area contributed by atoms with Crippen LogP contribution in [0.4, 0.5) is 0 Å². The smallest absolute Gasteiger partial charge is 0.0270 e. The van der Waals surface area contributed by atoms with Gasteiger partial charge >= 0.3 is 0 Å². The molecule has 1 fully saturated rings.